The van der Waals surface area contributed by atoms with Crippen molar-refractivity contribution in [2.45, 2.75) is 43.1 Å². The van der Waals surface area contributed by atoms with E-state index in [1.807, 2.05) is 31.2 Å². The molecular formula is C22H20N4OS2. The lowest BCUT2D eigenvalue weighted by molar-refractivity contribution is 0.672. The molecule has 0 amide bonds. The maximum atomic E-state index is 13.2. The Bertz CT molecular complexity index is 1300. The van der Waals surface area contributed by atoms with Crippen LogP contribution in [0.2, 0.25) is 0 Å². The van der Waals surface area contributed by atoms with E-state index in [1.165, 1.54) is 30.2 Å². The van der Waals surface area contributed by atoms with E-state index >= 15 is 0 Å². The molecule has 1 aliphatic rings. The number of allylic oxidation sites excluding steroid dienone is 1. The highest BCUT2D eigenvalue weighted by molar-refractivity contribution is 7.98. The fourth-order valence-electron chi connectivity index (χ4n) is 3.52. The molecule has 0 unspecified atom stereocenters. The Labute approximate surface area is 176 Å². The summed E-state index contributed by atoms with van der Waals surface area (Å²) in [4.78, 5) is 28.4. The van der Waals surface area contributed by atoms with Crippen LogP contribution in [0.4, 0.5) is 0 Å². The molecule has 3 aromatic heterocycles. The van der Waals surface area contributed by atoms with Crippen LogP contribution < -0.4 is 5.56 Å². The topological polar surface area (TPSA) is 60.7 Å². The smallest absolute Gasteiger partial charge is 0.263 e. The zero-order chi connectivity index (χ0) is 20.0. The van der Waals surface area contributed by atoms with Crippen LogP contribution in [0.15, 0.2) is 52.3 Å². The van der Waals surface area contributed by atoms with Crippen molar-refractivity contribution in [1.29, 1.82) is 0 Å². The SMILES string of the molecule is C=CCn1c(SCc2nc3ccccc3nc2C)nc2scc(C3CC3)c2c1=O. The van der Waals surface area contributed by atoms with E-state index in [1.54, 1.807) is 22.0 Å². The average Bonchev–Trinajstić information content (AvgIpc) is 3.48. The van der Waals surface area contributed by atoms with Gasteiger partial charge in [0.2, 0.25) is 0 Å². The molecule has 0 N–H and O–H groups in total. The predicted molar refractivity (Wildman–Crippen MR) is 120 cm³/mol. The number of aromatic nitrogens is 4. The number of thioether (sulfide) groups is 1. The Morgan fingerprint density at radius 2 is 2.00 bits per heavy atom. The van der Waals surface area contributed by atoms with E-state index in [9.17, 15) is 4.79 Å². The molecule has 0 bridgehead atoms. The molecule has 146 valence electrons. The summed E-state index contributed by atoms with van der Waals surface area (Å²) in [6, 6.07) is 7.88. The maximum Gasteiger partial charge on any atom is 0.263 e. The maximum absolute atomic E-state index is 13.2. The highest BCUT2D eigenvalue weighted by atomic mass is 32.2. The van der Waals surface area contributed by atoms with Crippen molar-refractivity contribution in [3.63, 3.8) is 0 Å². The van der Waals surface area contributed by atoms with Crippen molar-refractivity contribution in [3.05, 3.63) is 69.6 Å². The van der Waals surface area contributed by atoms with Crippen LogP contribution in [-0.4, -0.2) is 19.5 Å². The highest BCUT2D eigenvalue weighted by Crippen LogP contribution is 2.44. The zero-order valence-corrected chi connectivity index (χ0v) is 17.7. The lowest BCUT2D eigenvalue weighted by Crippen LogP contribution is -2.23. The normalized spacial score (nSPS) is 14.0. The lowest BCUT2D eigenvalue weighted by atomic mass is 10.1. The summed E-state index contributed by atoms with van der Waals surface area (Å²) < 4.78 is 1.74. The van der Waals surface area contributed by atoms with Gasteiger partial charge in [-0.25, -0.2) is 15.0 Å². The van der Waals surface area contributed by atoms with E-state index in [0.29, 0.717) is 23.4 Å². The number of rotatable bonds is 6. The molecule has 4 aromatic rings. The van der Waals surface area contributed by atoms with Crippen molar-refractivity contribution in [2.75, 3.05) is 0 Å². The van der Waals surface area contributed by atoms with Gasteiger partial charge in [-0.3, -0.25) is 9.36 Å². The Hall–Kier alpha value is -2.51. The molecule has 1 saturated carbocycles. The van der Waals surface area contributed by atoms with Gasteiger partial charge in [-0.2, -0.15) is 0 Å². The van der Waals surface area contributed by atoms with Gasteiger partial charge in [0.25, 0.3) is 5.56 Å². The third-order valence-corrected chi connectivity index (χ3v) is 7.08. The first-order valence-electron chi connectivity index (χ1n) is 9.63. The van der Waals surface area contributed by atoms with Crippen molar-refractivity contribution >= 4 is 44.3 Å². The molecule has 5 rings (SSSR count). The van der Waals surface area contributed by atoms with Gasteiger partial charge < -0.3 is 0 Å². The van der Waals surface area contributed by atoms with Gasteiger partial charge >= 0.3 is 0 Å². The number of thiophene rings is 1. The average molecular weight is 421 g/mol. The number of benzene rings is 1. The minimum absolute atomic E-state index is 0.0434. The van der Waals surface area contributed by atoms with Crippen LogP contribution in [0.3, 0.4) is 0 Å². The molecule has 0 atom stereocenters. The minimum atomic E-state index is 0.0434. The number of para-hydroxylation sites is 2. The molecule has 1 aromatic carbocycles. The van der Waals surface area contributed by atoms with Crippen molar-refractivity contribution < 1.29 is 0 Å². The molecule has 7 heteroatoms. The predicted octanol–water partition coefficient (Wildman–Crippen LogP) is 5.07. The first kappa shape index (κ1) is 18.5. The first-order chi connectivity index (χ1) is 14.2. The summed E-state index contributed by atoms with van der Waals surface area (Å²) in [6.45, 7) is 6.25. The fraction of sp³-hybridized carbons (Fsp3) is 0.273. The van der Waals surface area contributed by atoms with Crippen LogP contribution in [0.1, 0.15) is 35.7 Å². The number of aryl methyl sites for hydroxylation is 1. The summed E-state index contributed by atoms with van der Waals surface area (Å²) >= 11 is 3.11. The summed E-state index contributed by atoms with van der Waals surface area (Å²) in [6.07, 6.45) is 4.09. The molecule has 29 heavy (non-hydrogen) atoms. The summed E-state index contributed by atoms with van der Waals surface area (Å²) in [5, 5.41) is 3.62. The Morgan fingerprint density at radius 3 is 2.72 bits per heavy atom. The molecule has 1 aliphatic carbocycles. The van der Waals surface area contributed by atoms with E-state index in [0.717, 1.165) is 32.6 Å². The van der Waals surface area contributed by atoms with Crippen molar-refractivity contribution in [1.82, 2.24) is 19.5 Å². The molecule has 0 saturated heterocycles. The summed E-state index contributed by atoms with van der Waals surface area (Å²) in [5.41, 5.74) is 4.82. The number of hydrogen-bond acceptors (Lipinski definition) is 6. The second-order valence-corrected chi connectivity index (χ2v) is 9.08. The van der Waals surface area contributed by atoms with Crippen LogP contribution in [0, 0.1) is 6.92 Å². The lowest BCUT2D eigenvalue weighted by Gasteiger charge is -2.11. The summed E-state index contributed by atoms with van der Waals surface area (Å²) in [5.74, 6) is 1.14. The standard InChI is InChI=1S/C22H20N4OS2/c1-3-10-26-21(27)19-15(14-8-9-14)11-28-20(19)25-22(26)29-12-18-13(2)23-16-6-4-5-7-17(16)24-18/h3-7,11,14H,1,8-10,12H2,2H3. The van der Waals surface area contributed by atoms with E-state index < -0.39 is 0 Å². The van der Waals surface area contributed by atoms with E-state index in [-0.39, 0.29) is 5.56 Å². The molecule has 0 radical (unpaired) electrons. The monoisotopic (exact) mass is 420 g/mol. The van der Waals surface area contributed by atoms with Gasteiger partial charge in [-0.1, -0.05) is 30.0 Å². The van der Waals surface area contributed by atoms with Crippen LogP contribution >= 0.6 is 23.1 Å². The second kappa shape index (κ2) is 7.39. The zero-order valence-electron chi connectivity index (χ0n) is 16.1. The second-order valence-electron chi connectivity index (χ2n) is 7.28. The molecule has 0 spiro atoms. The minimum Gasteiger partial charge on any atom is -0.283 e. The number of nitrogens with zero attached hydrogens (tertiary/aromatic N) is 4. The molecule has 0 aliphatic heterocycles. The van der Waals surface area contributed by atoms with Gasteiger partial charge in [0.15, 0.2) is 5.16 Å². The number of fused-ring (bicyclic) bond motifs is 2. The third-order valence-electron chi connectivity index (χ3n) is 5.20. The Balaban J connectivity index is 1.53. The highest BCUT2D eigenvalue weighted by Gasteiger charge is 2.28. The van der Waals surface area contributed by atoms with Gasteiger partial charge in [-0.05, 0) is 48.8 Å². The fourth-order valence-corrected chi connectivity index (χ4v) is 5.59. The number of hydrogen-bond donors (Lipinski definition) is 0. The van der Waals surface area contributed by atoms with Crippen LogP contribution in [0.5, 0.6) is 0 Å². The molecule has 5 nitrogen and oxygen atoms in total. The quantitative estimate of drug-likeness (QED) is 0.248. The van der Waals surface area contributed by atoms with Crippen LogP contribution in [-0.2, 0) is 12.3 Å². The Morgan fingerprint density at radius 1 is 1.24 bits per heavy atom. The van der Waals surface area contributed by atoms with Crippen molar-refractivity contribution in [3.8, 4) is 0 Å². The van der Waals surface area contributed by atoms with E-state index in [4.69, 9.17) is 9.97 Å². The van der Waals surface area contributed by atoms with Crippen LogP contribution in [0.25, 0.3) is 21.3 Å². The third kappa shape index (κ3) is 3.38. The first-order valence-corrected chi connectivity index (χ1v) is 11.5. The van der Waals surface area contributed by atoms with Gasteiger partial charge in [0.1, 0.15) is 4.83 Å². The van der Waals surface area contributed by atoms with Gasteiger partial charge in [-0.15, -0.1) is 17.9 Å². The molecule has 3 heterocycles. The van der Waals surface area contributed by atoms with Gasteiger partial charge in [0.05, 0.1) is 27.8 Å². The molecule has 1 fully saturated rings. The van der Waals surface area contributed by atoms with Gasteiger partial charge in [0, 0.05) is 12.3 Å². The Kier molecular flexibility index (Phi) is 4.72. The summed E-state index contributed by atoms with van der Waals surface area (Å²) in [7, 11) is 0. The largest absolute Gasteiger partial charge is 0.283 e. The molecular weight excluding hydrogens is 400 g/mol. The van der Waals surface area contributed by atoms with Crippen molar-refractivity contribution in [2.24, 2.45) is 0 Å². The van der Waals surface area contributed by atoms with E-state index in [2.05, 4.69) is 16.9 Å².